The second-order valence-electron chi connectivity index (χ2n) is 5.23. The zero-order chi connectivity index (χ0) is 14.7. The molecule has 0 aliphatic carbocycles. The van der Waals surface area contributed by atoms with Crippen LogP contribution in [0.15, 0.2) is 18.2 Å². The molecule has 110 valence electrons. The Hall–Kier alpha value is -1.46. The molecule has 0 spiro atoms. The maximum absolute atomic E-state index is 13.3. The Morgan fingerprint density at radius 2 is 2.30 bits per heavy atom. The minimum atomic E-state index is -0.710. The molecule has 1 fully saturated rings. The second-order valence-corrected chi connectivity index (χ2v) is 5.23. The zero-order valence-corrected chi connectivity index (χ0v) is 11.8. The van der Waals surface area contributed by atoms with Crippen molar-refractivity contribution < 1.29 is 19.0 Å². The van der Waals surface area contributed by atoms with Gasteiger partial charge in [-0.1, -0.05) is 12.1 Å². The van der Waals surface area contributed by atoms with Crippen molar-refractivity contribution in [3.8, 4) is 0 Å². The van der Waals surface area contributed by atoms with Crippen molar-refractivity contribution in [3.05, 3.63) is 35.1 Å². The lowest BCUT2D eigenvalue weighted by Crippen LogP contribution is -2.52. The van der Waals surface area contributed by atoms with E-state index in [4.69, 9.17) is 4.74 Å². The van der Waals surface area contributed by atoms with Crippen molar-refractivity contribution in [2.75, 3.05) is 13.7 Å². The largest absolute Gasteiger partial charge is 0.468 e. The lowest BCUT2D eigenvalue weighted by Gasteiger charge is -2.37. The third-order valence-corrected chi connectivity index (χ3v) is 3.75. The summed E-state index contributed by atoms with van der Waals surface area (Å²) >= 11 is 0. The number of likely N-dealkylation sites (tertiary alicyclic amines) is 1. The number of aliphatic hydroxyl groups is 1. The maximum atomic E-state index is 13.3. The van der Waals surface area contributed by atoms with Crippen LogP contribution < -0.4 is 0 Å². The van der Waals surface area contributed by atoms with E-state index in [0.717, 1.165) is 12.0 Å². The summed E-state index contributed by atoms with van der Waals surface area (Å²) in [6.45, 7) is 2.92. The summed E-state index contributed by atoms with van der Waals surface area (Å²) in [6, 6.07) is 4.26. The molecule has 0 unspecified atom stereocenters. The number of aliphatic hydroxyl groups excluding tert-OH is 1. The van der Waals surface area contributed by atoms with E-state index in [2.05, 4.69) is 0 Å². The molecule has 1 aromatic rings. The second kappa shape index (κ2) is 6.33. The number of halogens is 1. The van der Waals surface area contributed by atoms with Crippen LogP contribution in [0.4, 0.5) is 4.39 Å². The van der Waals surface area contributed by atoms with Gasteiger partial charge in [-0.05, 0) is 43.5 Å². The van der Waals surface area contributed by atoms with Crippen LogP contribution in [-0.4, -0.2) is 41.8 Å². The minimum absolute atomic E-state index is 0.239. The normalized spacial score (nSPS) is 23.6. The van der Waals surface area contributed by atoms with E-state index < -0.39 is 18.1 Å². The summed E-state index contributed by atoms with van der Waals surface area (Å²) in [4.78, 5) is 13.7. The number of hydrogen-bond donors (Lipinski definition) is 1. The first kappa shape index (κ1) is 14.9. The van der Waals surface area contributed by atoms with Gasteiger partial charge in [-0.2, -0.15) is 0 Å². The van der Waals surface area contributed by atoms with Gasteiger partial charge in [-0.25, -0.2) is 4.39 Å². The average Bonchev–Trinajstić information content (AvgIpc) is 2.42. The number of ether oxygens (including phenoxy) is 1. The maximum Gasteiger partial charge on any atom is 0.325 e. The summed E-state index contributed by atoms with van der Waals surface area (Å²) in [5, 5.41) is 10.0. The summed E-state index contributed by atoms with van der Waals surface area (Å²) in [5.41, 5.74) is 1.50. The van der Waals surface area contributed by atoms with E-state index in [0.29, 0.717) is 25.1 Å². The van der Waals surface area contributed by atoms with Crippen LogP contribution in [-0.2, 0) is 16.1 Å². The monoisotopic (exact) mass is 281 g/mol. The smallest absolute Gasteiger partial charge is 0.325 e. The zero-order valence-electron chi connectivity index (χ0n) is 11.8. The SMILES string of the molecule is COC(=O)[C@H]1[C@H](O)CCCN1Cc1ccc(F)c(C)c1. The van der Waals surface area contributed by atoms with Gasteiger partial charge in [-0.15, -0.1) is 0 Å². The van der Waals surface area contributed by atoms with Crippen LogP contribution in [0.2, 0.25) is 0 Å². The van der Waals surface area contributed by atoms with Gasteiger partial charge in [0.25, 0.3) is 0 Å². The number of benzene rings is 1. The summed E-state index contributed by atoms with van der Waals surface area (Å²) < 4.78 is 18.0. The molecule has 5 heteroatoms. The Kier molecular flexibility index (Phi) is 4.73. The van der Waals surface area contributed by atoms with Crippen molar-refractivity contribution >= 4 is 5.97 Å². The molecular weight excluding hydrogens is 261 g/mol. The number of carbonyl (C=O) groups excluding carboxylic acids is 1. The van der Waals surface area contributed by atoms with Crippen LogP contribution in [0, 0.1) is 12.7 Å². The minimum Gasteiger partial charge on any atom is -0.468 e. The van der Waals surface area contributed by atoms with Crippen molar-refractivity contribution in [2.45, 2.75) is 38.5 Å². The molecule has 2 rings (SSSR count). The van der Waals surface area contributed by atoms with Crippen molar-refractivity contribution in [2.24, 2.45) is 0 Å². The Bertz CT molecular complexity index is 492. The Morgan fingerprint density at radius 3 is 2.95 bits per heavy atom. The quantitative estimate of drug-likeness (QED) is 0.856. The first-order valence-electron chi connectivity index (χ1n) is 6.78. The molecule has 0 amide bonds. The molecular formula is C15H20FNO3. The molecule has 0 saturated carbocycles. The highest BCUT2D eigenvalue weighted by molar-refractivity contribution is 5.76. The van der Waals surface area contributed by atoms with E-state index in [1.54, 1.807) is 19.1 Å². The highest BCUT2D eigenvalue weighted by Crippen LogP contribution is 2.22. The molecule has 1 aliphatic rings. The first-order valence-corrected chi connectivity index (χ1v) is 6.78. The third kappa shape index (κ3) is 3.16. The number of piperidine rings is 1. The molecule has 20 heavy (non-hydrogen) atoms. The standard InChI is InChI=1S/C15H20FNO3/c1-10-8-11(5-6-12(10)16)9-17-7-3-4-13(18)14(17)15(19)20-2/h5-6,8,13-14,18H,3-4,7,9H2,1-2H3/t13-,14-/m1/s1. The topological polar surface area (TPSA) is 49.8 Å². The van der Waals surface area contributed by atoms with E-state index in [1.165, 1.54) is 13.2 Å². The number of nitrogens with zero attached hydrogens (tertiary/aromatic N) is 1. The fourth-order valence-corrected chi connectivity index (χ4v) is 2.69. The van der Waals surface area contributed by atoms with Crippen molar-refractivity contribution in [1.82, 2.24) is 4.90 Å². The third-order valence-electron chi connectivity index (χ3n) is 3.75. The van der Waals surface area contributed by atoms with Gasteiger partial charge in [0.05, 0.1) is 13.2 Å². The first-order chi connectivity index (χ1) is 9.52. The van der Waals surface area contributed by atoms with Gasteiger partial charge in [0.2, 0.25) is 0 Å². The van der Waals surface area contributed by atoms with Crippen molar-refractivity contribution in [1.29, 1.82) is 0 Å². The molecule has 1 heterocycles. The van der Waals surface area contributed by atoms with Gasteiger partial charge in [0, 0.05) is 6.54 Å². The van der Waals surface area contributed by atoms with Crippen LogP contribution in [0.1, 0.15) is 24.0 Å². The van der Waals surface area contributed by atoms with Crippen LogP contribution in [0.3, 0.4) is 0 Å². The average molecular weight is 281 g/mol. The van der Waals surface area contributed by atoms with Gasteiger partial charge in [-0.3, -0.25) is 9.69 Å². The Labute approximate surface area is 118 Å². The molecule has 1 aliphatic heterocycles. The Morgan fingerprint density at radius 1 is 1.55 bits per heavy atom. The molecule has 0 bridgehead atoms. The van der Waals surface area contributed by atoms with E-state index >= 15 is 0 Å². The lowest BCUT2D eigenvalue weighted by atomic mass is 9.98. The number of carbonyl (C=O) groups is 1. The van der Waals surface area contributed by atoms with Gasteiger partial charge < -0.3 is 9.84 Å². The molecule has 4 nitrogen and oxygen atoms in total. The Balaban J connectivity index is 2.16. The highest BCUT2D eigenvalue weighted by Gasteiger charge is 2.36. The number of hydrogen-bond acceptors (Lipinski definition) is 4. The number of aryl methyl sites for hydroxylation is 1. The van der Waals surface area contributed by atoms with Gasteiger partial charge in [0.15, 0.2) is 0 Å². The van der Waals surface area contributed by atoms with Gasteiger partial charge in [0.1, 0.15) is 11.9 Å². The van der Waals surface area contributed by atoms with Crippen LogP contribution >= 0.6 is 0 Å². The predicted molar refractivity (Wildman–Crippen MR) is 72.6 cm³/mol. The molecule has 2 atom stereocenters. The van der Waals surface area contributed by atoms with E-state index in [-0.39, 0.29) is 5.82 Å². The molecule has 0 radical (unpaired) electrons. The summed E-state index contributed by atoms with van der Waals surface area (Å²) in [6.07, 6.45) is 0.714. The fraction of sp³-hybridized carbons (Fsp3) is 0.533. The fourth-order valence-electron chi connectivity index (χ4n) is 2.69. The van der Waals surface area contributed by atoms with Crippen molar-refractivity contribution in [3.63, 3.8) is 0 Å². The van der Waals surface area contributed by atoms with E-state index in [9.17, 15) is 14.3 Å². The molecule has 1 N–H and O–H groups in total. The summed E-state index contributed by atoms with van der Waals surface area (Å²) in [7, 11) is 1.32. The van der Waals surface area contributed by atoms with Crippen LogP contribution in [0.5, 0.6) is 0 Å². The number of rotatable bonds is 3. The van der Waals surface area contributed by atoms with Gasteiger partial charge >= 0.3 is 5.97 Å². The number of methoxy groups -OCH3 is 1. The predicted octanol–water partition coefficient (Wildman–Crippen LogP) is 1.63. The number of esters is 1. The molecule has 0 aromatic heterocycles. The van der Waals surface area contributed by atoms with Crippen LogP contribution in [0.25, 0.3) is 0 Å². The molecule has 1 aromatic carbocycles. The van der Waals surface area contributed by atoms with E-state index in [1.807, 2.05) is 4.90 Å². The highest BCUT2D eigenvalue weighted by atomic mass is 19.1. The molecule has 1 saturated heterocycles. The lowest BCUT2D eigenvalue weighted by molar-refractivity contribution is -0.154. The summed E-state index contributed by atoms with van der Waals surface area (Å²) in [5.74, 6) is -0.659.